The van der Waals surface area contributed by atoms with Crippen molar-refractivity contribution in [2.45, 2.75) is 70.0 Å². The fraction of sp³-hybridized carbons (Fsp3) is 0.542. The Hall–Kier alpha value is -3.52. The van der Waals surface area contributed by atoms with Crippen LogP contribution in [-0.2, 0) is 29.3 Å². The first-order valence-electron chi connectivity index (χ1n) is 12.2. The van der Waals surface area contributed by atoms with Gasteiger partial charge in [0.05, 0.1) is 30.2 Å². The van der Waals surface area contributed by atoms with Gasteiger partial charge < -0.3 is 20.5 Å². The minimum absolute atomic E-state index is 0.0363. The molecule has 0 radical (unpaired) electrons. The minimum Gasteiger partial charge on any atom is -0.388 e. The van der Waals surface area contributed by atoms with Gasteiger partial charge in [-0.25, -0.2) is 9.97 Å². The molecule has 0 atom stereocenters. The number of carbonyl (C=O) groups excluding carboxylic acids is 1. The largest absolute Gasteiger partial charge is 0.417 e. The summed E-state index contributed by atoms with van der Waals surface area (Å²) < 4.78 is 46.5. The van der Waals surface area contributed by atoms with E-state index in [0.717, 1.165) is 37.8 Å². The molecule has 11 nitrogen and oxygen atoms in total. The van der Waals surface area contributed by atoms with Crippen molar-refractivity contribution >= 4 is 28.6 Å². The van der Waals surface area contributed by atoms with Gasteiger partial charge in [0.2, 0.25) is 5.91 Å². The summed E-state index contributed by atoms with van der Waals surface area (Å²) in [6.45, 7) is 3.39. The SMILES string of the molecule is Cn1nc(Nc2ccc(C(F)(F)F)cn2)c2ncn(CC(=O)N[C@H]3CC[C@H](OCC(C)(C)O)CC3)c(=O)c21. The van der Waals surface area contributed by atoms with Gasteiger partial charge >= 0.3 is 6.18 Å². The molecule has 206 valence electrons. The summed E-state index contributed by atoms with van der Waals surface area (Å²) in [5.74, 6) is -0.0841. The van der Waals surface area contributed by atoms with Crippen LogP contribution in [0.1, 0.15) is 45.1 Å². The molecular weight excluding hydrogens is 507 g/mol. The smallest absolute Gasteiger partial charge is 0.388 e. The number of pyridine rings is 1. The third kappa shape index (κ3) is 6.67. The highest BCUT2D eigenvalue weighted by atomic mass is 19.4. The lowest BCUT2D eigenvalue weighted by atomic mass is 9.93. The van der Waals surface area contributed by atoms with Gasteiger partial charge in [-0.05, 0) is 51.7 Å². The summed E-state index contributed by atoms with van der Waals surface area (Å²) >= 11 is 0. The first-order valence-corrected chi connectivity index (χ1v) is 12.2. The molecule has 1 aliphatic carbocycles. The molecule has 3 heterocycles. The predicted molar refractivity (Wildman–Crippen MR) is 132 cm³/mol. The molecule has 14 heteroatoms. The van der Waals surface area contributed by atoms with Gasteiger partial charge in [-0.15, -0.1) is 0 Å². The molecule has 4 rings (SSSR count). The fourth-order valence-corrected chi connectivity index (χ4v) is 4.27. The Kier molecular flexibility index (Phi) is 7.74. The van der Waals surface area contributed by atoms with E-state index in [1.807, 2.05) is 0 Å². The Bertz CT molecular complexity index is 1340. The molecule has 0 bridgehead atoms. The molecule has 1 aliphatic rings. The Morgan fingerprint density at radius 3 is 2.50 bits per heavy atom. The number of nitrogens with zero attached hydrogens (tertiary/aromatic N) is 5. The average molecular weight is 538 g/mol. The van der Waals surface area contributed by atoms with E-state index in [1.54, 1.807) is 13.8 Å². The maximum atomic E-state index is 13.1. The van der Waals surface area contributed by atoms with Crippen molar-refractivity contribution in [1.82, 2.24) is 29.6 Å². The first-order chi connectivity index (χ1) is 17.8. The van der Waals surface area contributed by atoms with E-state index < -0.39 is 22.9 Å². The Labute approximate surface area is 216 Å². The predicted octanol–water partition coefficient (Wildman–Crippen LogP) is 2.50. The van der Waals surface area contributed by atoms with Crippen LogP contribution in [0.2, 0.25) is 0 Å². The highest BCUT2D eigenvalue weighted by molar-refractivity contribution is 5.87. The molecule has 0 spiro atoms. The molecule has 3 aromatic heterocycles. The lowest BCUT2D eigenvalue weighted by Crippen LogP contribution is -2.42. The topological polar surface area (TPSA) is 136 Å². The normalized spacial score (nSPS) is 18.5. The number of carbonyl (C=O) groups is 1. The van der Waals surface area contributed by atoms with Crippen molar-refractivity contribution in [2.75, 3.05) is 11.9 Å². The highest BCUT2D eigenvalue weighted by Crippen LogP contribution is 2.29. The number of aliphatic hydroxyl groups is 1. The van der Waals surface area contributed by atoms with Crippen molar-refractivity contribution in [3.05, 3.63) is 40.6 Å². The number of halogens is 3. The number of fused-ring (bicyclic) bond motifs is 1. The highest BCUT2D eigenvalue weighted by Gasteiger charge is 2.31. The molecular formula is C24H30F3N7O4. The fourth-order valence-electron chi connectivity index (χ4n) is 4.27. The van der Waals surface area contributed by atoms with Crippen LogP contribution >= 0.6 is 0 Å². The second-order valence-electron chi connectivity index (χ2n) is 10.1. The monoisotopic (exact) mass is 537 g/mol. The second-order valence-corrected chi connectivity index (χ2v) is 10.1. The summed E-state index contributed by atoms with van der Waals surface area (Å²) in [7, 11) is 1.53. The van der Waals surface area contributed by atoms with E-state index in [0.29, 0.717) is 6.20 Å². The molecule has 38 heavy (non-hydrogen) atoms. The summed E-state index contributed by atoms with van der Waals surface area (Å²) in [6, 6.07) is 2.00. The third-order valence-corrected chi connectivity index (χ3v) is 6.17. The zero-order valence-electron chi connectivity index (χ0n) is 21.2. The summed E-state index contributed by atoms with van der Waals surface area (Å²) in [5, 5.41) is 19.7. The Morgan fingerprint density at radius 2 is 1.89 bits per heavy atom. The maximum absolute atomic E-state index is 13.1. The van der Waals surface area contributed by atoms with Crippen LogP contribution in [0.15, 0.2) is 29.5 Å². The third-order valence-electron chi connectivity index (χ3n) is 6.17. The van der Waals surface area contributed by atoms with Crippen LogP contribution in [0, 0.1) is 0 Å². The second kappa shape index (κ2) is 10.7. The summed E-state index contributed by atoms with van der Waals surface area (Å²) in [6.07, 6.45) is 0.426. The molecule has 1 amide bonds. The van der Waals surface area contributed by atoms with Crippen LogP contribution in [-0.4, -0.2) is 59.7 Å². The lowest BCUT2D eigenvalue weighted by molar-refractivity contribution is -0.137. The average Bonchev–Trinajstić information content (AvgIpc) is 3.15. The van der Waals surface area contributed by atoms with Crippen molar-refractivity contribution in [1.29, 1.82) is 0 Å². The molecule has 3 aromatic rings. The van der Waals surface area contributed by atoms with Crippen molar-refractivity contribution < 1.29 is 27.8 Å². The maximum Gasteiger partial charge on any atom is 0.417 e. The minimum atomic E-state index is -4.51. The molecule has 0 aromatic carbocycles. The van der Waals surface area contributed by atoms with Gasteiger partial charge in [0, 0.05) is 19.3 Å². The summed E-state index contributed by atoms with van der Waals surface area (Å²) in [4.78, 5) is 33.7. The number of anilines is 2. The number of nitrogens with one attached hydrogen (secondary N) is 2. The number of hydrogen-bond donors (Lipinski definition) is 3. The van der Waals surface area contributed by atoms with Crippen LogP contribution in [0.25, 0.3) is 11.0 Å². The number of rotatable bonds is 8. The van der Waals surface area contributed by atoms with Gasteiger partial charge in [-0.3, -0.25) is 18.8 Å². The molecule has 0 unspecified atom stereocenters. The van der Waals surface area contributed by atoms with Crippen molar-refractivity contribution in [3.63, 3.8) is 0 Å². The van der Waals surface area contributed by atoms with Crippen molar-refractivity contribution in [2.24, 2.45) is 7.05 Å². The van der Waals surface area contributed by atoms with E-state index in [9.17, 15) is 27.9 Å². The lowest BCUT2D eigenvalue weighted by Gasteiger charge is -2.30. The molecule has 1 fully saturated rings. The van der Waals surface area contributed by atoms with Crippen LogP contribution in [0.5, 0.6) is 0 Å². The number of alkyl halides is 3. The quantitative estimate of drug-likeness (QED) is 0.399. The van der Waals surface area contributed by atoms with Crippen LogP contribution in [0.3, 0.4) is 0 Å². The van der Waals surface area contributed by atoms with E-state index in [4.69, 9.17) is 4.74 Å². The molecule has 0 aliphatic heterocycles. The number of aryl methyl sites for hydroxylation is 1. The Balaban J connectivity index is 1.38. The number of hydrogen-bond acceptors (Lipinski definition) is 8. The van der Waals surface area contributed by atoms with Crippen LogP contribution < -0.4 is 16.2 Å². The number of ether oxygens (including phenoxy) is 1. The van der Waals surface area contributed by atoms with E-state index in [-0.39, 0.29) is 53.9 Å². The van der Waals surface area contributed by atoms with E-state index in [1.165, 1.54) is 22.6 Å². The molecule has 1 saturated carbocycles. The zero-order valence-corrected chi connectivity index (χ0v) is 21.2. The molecule has 3 N–H and O–H groups in total. The van der Waals surface area contributed by atoms with Gasteiger partial charge in [0.1, 0.15) is 17.9 Å². The standard InChI is InChI=1S/C24H30F3N7O4/c1-23(2,37)12-38-16-7-5-15(6-8-16)30-18(35)11-34-13-29-19-20(22(34)36)33(3)32-21(19)31-17-9-4-14(10-28-17)24(25,26)27/h4,9-10,13,15-16,37H,5-8,11-12H2,1-3H3,(H,30,35)(H,28,31,32)/t15-,16-. The number of amides is 1. The first kappa shape index (κ1) is 27.5. The van der Waals surface area contributed by atoms with Crippen molar-refractivity contribution in [3.8, 4) is 0 Å². The Morgan fingerprint density at radius 1 is 1.18 bits per heavy atom. The summed E-state index contributed by atoms with van der Waals surface area (Å²) in [5.41, 5.74) is -1.95. The van der Waals surface area contributed by atoms with E-state index in [2.05, 4.69) is 25.7 Å². The van der Waals surface area contributed by atoms with Crippen LogP contribution in [0.4, 0.5) is 24.8 Å². The van der Waals surface area contributed by atoms with Gasteiger partial charge in [0.15, 0.2) is 11.3 Å². The van der Waals surface area contributed by atoms with Gasteiger partial charge in [-0.1, -0.05) is 0 Å². The number of aromatic nitrogens is 5. The van der Waals surface area contributed by atoms with E-state index >= 15 is 0 Å². The molecule has 0 saturated heterocycles. The van der Waals surface area contributed by atoms with Gasteiger partial charge in [-0.2, -0.15) is 18.3 Å². The zero-order chi connectivity index (χ0) is 27.7. The van der Waals surface area contributed by atoms with Gasteiger partial charge in [0.25, 0.3) is 5.56 Å².